The molecule has 0 aliphatic rings. The lowest BCUT2D eigenvalue weighted by atomic mass is 10.0. The minimum absolute atomic E-state index is 0.0569. The quantitative estimate of drug-likeness (QED) is 0.495. The van der Waals surface area contributed by atoms with Crippen LogP contribution in [0.5, 0.6) is 0 Å². The maximum Gasteiger partial charge on any atom is 0.196 e. The lowest BCUT2D eigenvalue weighted by molar-refractivity contribution is 0.0899. The second kappa shape index (κ2) is 7.45. The van der Waals surface area contributed by atoms with Gasteiger partial charge in [0.2, 0.25) is 0 Å². The van der Waals surface area contributed by atoms with Crippen LogP contribution in [0.3, 0.4) is 0 Å². The Labute approximate surface area is 152 Å². The summed E-state index contributed by atoms with van der Waals surface area (Å²) in [5.74, 6) is -1.47. The summed E-state index contributed by atoms with van der Waals surface area (Å²) in [6, 6.07) is 23.6. The molecule has 0 atom stereocenters. The standard InChI is InChI=1S/C21H16O4S/c22-19(16-10-4-1-5-11-16)21(20(23)17-12-6-2-7-13-17)26(24,25)18-14-8-3-9-15-18/h1-15,21H. The van der Waals surface area contributed by atoms with Crippen molar-refractivity contribution in [2.45, 2.75) is 10.1 Å². The molecule has 0 saturated carbocycles. The van der Waals surface area contributed by atoms with E-state index in [4.69, 9.17) is 0 Å². The Kier molecular flexibility index (Phi) is 5.09. The SMILES string of the molecule is O=C(c1ccccc1)C(C(=O)c1ccccc1)S(=O)(=O)c1ccccc1. The Morgan fingerprint density at radius 3 is 1.31 bits per heavy atom. The number of Topliss-reactive ketones (excluding diaryl/α,β-unsaturated/α-hetero) is 2. The third-order valence-electron chi connectivity index (χ3n) is 3.97. The van der Waals surface area contributed by atoms with Crippen LogP contribution in [0.25, 0.3) is 0 Å². The van der Waals surface area contributed by atoms with Gasteiger partial charge in [-0.15, -0.1) is 0 Å². The molecule has 0 radical (unpaired) electrons. The fourth-order valence-corrected chi connectivity index (χ4v) is 4.30. The van der Waals surface area contributed by atoms with E-state index in [-0.39, 0.29) is 16.0 Å². The molecule has 0 unspecified atom stereocenters. The molecule has 0 heterocycles. The molecule has 0 aliphatic heterocycles. The first-order chi connectivity index (χ1) is 12.5. The molecule has 0 spiro atoms. The molecule has 0 bridgehead atoms. The van der Waals surface area contributed by atoms with Crippen molar-refractivity contribution < 1.29 is 18.0 Å². The summed E-state index contributed by atoms with van der Waals surface area (Å²) in [5.41, 5.74) is 0.363. The van der Waals surface area contributed by atoms with Crippen molar-refractivity contribution in [2.24, 2.45) is 0 Å². The van der Waals surface area contributed by atoms with Crippen molar-refractivity contribution in [3.63, 3.8) is 0 Å². The van der Waals surface area contributed by atoms with Gasteiger partial charge in [0.05, 0.1) is 4.90 Å². The van der Waals surface area contributed by atoms with Gasteiger partial charge in [0.25, 0.3) is 0 Å². The molecule has 0 amide bonds. The minimum Gasteiger partial charge on any atom is -0.292 e. The molecule has 130 valence electrons. The van der Waals surface area contributed by atoms with E-state index in [1.54, 1.807) is 54.6 Å². The number of benzene rings is 3. The molecule has 0 N–H and O–H groups in total. The number of sulfone groups is 1. The van der Waals surface area contributed by atoms with E-state index in [0.717, 1.165) is 0 Å². The summed E-state index contributed by atoms with van der Waals surface area (Å²) in [5, 5.41) is -1.82. The highest BCUT2D eigenvalue weighted by Gasteiger charge is 2.40. The van der Waals surface area contributed by atoms with Gasteiger partial charge in [-0.3, -0.25) is 9.59 Å². The monoisotopic (exact) mass is 364 g/mol. The van der Waals surface area contributed by atoms with E-state index in [1.807, 2.05) is 0 Å². The summed E-state index contributed by atoms with van der Waals surface area (Å²) in [7, 11) is -4.19. The highest BCUT2D eigenvalue weighted by molar-refractivity contribution is 7.93. The van der Waals surface area contributed by atoms with Crippen LogP contribution in [0, 0.1) is 0 Å². The predicted octanol–water partition coefficient (Wildman–Crippen LogP) is 3.59. The van der Waals surface area contributed by atoms with Gasteiger partial charge in [0, 0.05) is 11.1 Å². The first kappa shape index (κ1) is 17.8. The molecule has 0 aliphatic carbocycles. The van der Waals surface area contributed by atoms with Crippen molar-refractivity contribution in [2.75, 3.05) is 0 Å². The van der Waals surface area contributed by atoms with Crippen LogP contribution in [0.2, 0.25) is 0 Å². The highest BCUT2D eigenvalue weighted by Crippen LogP contribution is 2.23. The van der Waals surface area contributed by atoms with Gasteiger partial charge in [0.1, 0.15) is 0 Å². The Hall–Kier alpha value is -3.05. The third kappa shape index (κ3) is 3.48. The summed E-state index contributed by atoms with van der Waals surface area (Å²) in [4.78, 5) is 25.9. The average Bonchev–Trinajstić information content (AvgIpc) is 2.70. The number of hydrogen-bond donors (Lipinski definition) is 0. The van der Waals surface area contributed by atoms with Crippen molar-refractivity contribution in [1.82, 2.24) is 0 Å². The van der Waals surface area contributed by atoms with Gasteiger partial charge in [-0.25, -0.2) is 8.42 Å². The van der Waals surface area contributed by atoms with E-state index in [0.29, 0.717) is 0 Å². The van der Waals surface area contributed by atoms with E-state index in [1.165, 1.54) is 36.4 Å². The molecular weight excluding hydrogens is 348 g/mol. The fraction of sp³-hybridized carbons (Fsp3) is 0.0476. The van der Waals surface area contributed by atoms with Crippen LogP contribution in [0.15, 0.2) is 95.9 Å². The van der Waals surface area contributed by atoms with Gasteiger partial charge >= 0.3 is 0 Å². The summed E-state index contributed by atoms with van der Waals surface area (Å²) < 4.78 is 26.2. The van der Waals surface area contributed by atoms with E-state index < -0.39 is 26.7 Å². The van der Waals surface area contributed by atoms with E-state index in [2.05, 4.69) is 0 Å². The molecule has 0 fully saturated rings. The molecule has 5 heteroatoms. The zero-order valence-corrected chi connectivity index (χ0v) is 14.6. The lowest BCUT2D eigenvalue weighted by Gasteiger charge is -2.16. The van der Waals surface area contributed by atoms with Crippen LogP contribution in [-0.4, -0.2) is 25.2 Å². The maximum atomic E-state index is 13.1. The molecule has 4 nitrogen and oxygen atoms in total. The predicted molar refractivity (Wildman–Crippen MR) is 99.0 cm³/mol. The van der Waals surface area contributed by atoms with Crippen LogP contribution in [0.1, 0.15) is 20.7 Å². The van der Waals surface area contributed by atoms with Crippen LogP contribution in [0.4, 0.5) is 0 Å². The second-order valence-corrected chi connectivity index (χ2v) is 7.73. The average molecular weight is 364 g/mol. The number of carbonyl (C=O) groups excluding carboxylic acids is 2. The fourth-order valence-electron chi connectivity index (χ4n) is 2.65. The van der Waals surface area contributed by atoms with Gasteiger partial charge in [-0.05, 0) is 12.1 Å². The Morgan fingerprint density at radius 1 is 0.577 bits per heavy atom. The number of hydrogen-bond acceptors (Lipinski definition) is 4. The van der Waals surface area contributed by atoms with Crippen molar-refractivity contribution in [1.29, 1.82) is 0 Å². The zero-order chi connectivity index (χ0) is 18.6. The topological polar surface area (TPSA) is 68.3 Å². The second-order valence-electron chi connectivity index (χ2n) is 5.70. The first-order valence-corrected chi connectivity index (χ1v) is 9.54. The van der Waals surface area contributed by atoms with Crippen molar-refractivity contribution in [3.8, 4) is 0 Å². The largest absolute Gasteiger partial charge is 0.292 e. The van der Waals surface area contributed by atoms with Gasteiger partial charge in [-0.2, -0.15) is 0 Å². The van der Waals surface area contributed by atoms with Crippen molar-refractivity contribution in [3.05, 3.63) is 102 Å². The van der Waals surface area contributed by atoms with Gasteiger partial charge in [0.15, 0.2) is 26.7 Å². The maximum absolute atomic E-state index is 13.1. The Morgan fingerprint density at radius 2 is 0.923 bits per heavy atom. The van der Waals surface area contributed by atoms with E-state index in [9.17, 15) is 18.0 Å². The third-order valence-corrected chi connectivity index (χ3v) is 5.95. The summed E-state index contributed by atoms with van der Waals surface area (Å²) >= 11 is 0. The summed E-state index contributed by atoms with van der Waals surface area (Å²) in [6.07, 6.45) is 0. The first-order valence-electron chi connectivity index (χ1n) is 7.99. The molecule has 0 aromatic heterocycles. The Balaban J connectivity index is 2.14. The minimum atomic E-state index is -4.19. The van der Waals surface area contributed by atoms with Crippen LogP contribution < -0.4 is 0 Å². The lowest BCUT2D eigenvalue weighted by Crippen LogP contribution is -2.38. The van der Waals surface area contributed by atoms with Gasteiger partial charge in [-0.1, -0.05) is 78.9 Å². The highest BCUT2D eigenvalue weighted by atomic mass is 32.2. The molecular formula is C21H16O4S. The Bertz CT molecular complexity index is 960. The smallest absolute Gasteiger partial charge is 0.196 e. The normalized spacial score (nSPS) is 11.3. The van der Waals surface area contributed by atoms with Crippen LogP contribution in [-0.2, 0) is 9.84 Å². The number of carbonyl (C=O) groups is 2. The molecule has 3 rings (SSSR count). The number of ketones is 2. The van der Waals surface area contributed by atoms with Gasteiger partial charge < -0.3 is 0 Å². The van der Waals surface area contributed by atoms with E-state index >= 15 is 0 Å². The molecule has 3 aromatic carbocycles. The zero-order valence-electron chi connectivity index (χ0n) is 13.8. The molecule has 26 heavy (non-hydrogen) atoms. The number of rotatable bonds is 6. The summed E-state index contributed by atoms with van der Waals surface area (Å²) in [6.45, 7) is 0. The van der Waals surface area contributed by atoms with Crippen LogP contribution >= 0.6 is 0 Å². The molecule has 3 aromatic rings. The molecule has 0 saturated heterocycles. The van der Waals surface area contributed by atoms with Crippen molar-refractivity contribution >= 4 is 21.4 Å².